The lowest BCUT2D eigenvalue weighted by Crippen LogP contribution is -2.40. The largest absolute Gasteiger partial charge is 0.394 e. The number of benzene rings is 1. The van der Waals surface area contributed by atoms with Gasteiger partial charge in [0.15, 0.2) is 6.23 Å². The molecule has 7 N–H and O–H groups in total. The van der Waals surface area contributed by atoms with Crippen molar-refractivity contribution in [2.45, 2.75) is 44.5 Å². The zero-order valence-electron chi connectivity index (χ0n) is 14.3. The Morgan fingerprint density at radius 1 is 1.12 bits per heavy atom. The predicted octanol–water partition coefficient (Wildman–Crippen LogP) is -1.18. The van der Waals surface area contributed by atoms with Gasteiger partial charge in [-0.3, -0.25) is 9.59 Å². The van der Waals surface area contributed by atoms with Gasteiger partial charge in [0.2, 0.25) is 11.8 Å². The minimum atomic E-state index is -1.42. The maximum absolute atomic E-state index is 11.4. The van der Waals surface area contributed by atoms with Crippen molar-refractivity contribution in [3.63, 3.8) is 0 Å². The Bertz CT molecular complexity index is 669. The first-order valence-corrected chi connectivity index (χ1v) is 7.99. The molecule has 10 heteroatoms. The van der Waals surface area contributed by atoms with Gasteiger partial charge in [-0.15, -0.1) is 0 Å². The molecular weight excluding hydrogens is 346 g/mol. The van der Waals surface area contributed by atoms with E-state index in [9.17, 15) is 24.9 Å². The molecule has 1 aromatic rings. The molecule has 1 saturated heterocycles. The van der Waals surface area contributed by atoms with E-state index in [1.165, 1.54) is 19.9 Å². The van der Waals surface area contributed by atoms with Crippen molar-refractivity contribution in [2.75, 3.05) is 22.6 Å². The molecule has 0 saturated carbocycles. The zero-order chi connectivity index (χ0) is 19.4. The van der Waals surface area contributed by atoms with Gasteiger partial charge in [0.1, 0.15) is 24.4 Å². The number of rotatable bonds is 6. The third-order valence-electron chi connectivity index (χ3n) is 3.82. The maximum atomic E-state index is 11.4. The topological polar surface area (TPSA) is 160 Å². The molecule has 10 nitrogen and oxygen atoms in total. The first kappa shape index (κ1) is 20.1. The number of aliphatic hydroxyl groups is 4. The van der Waals surface area contributed by atoms with Gasteiger partial charge in [-0.1, -0.05) is 0 Å². The van der Waals surface area contributed by atoms with Gasteiger partial charge in [0.05, 0.1) is 18.0 Å². The van der Waals surface area contributed by atoms with Crippen LogP contribution in [-0.2, 0) is 14.3 Å². The number of aliphatic hydroxyl groups excluding tert-OH is 4. The highest BCUT2D eigenvalue weighted by Crippen LogP contribution is 2.31. The monoisotopic (exact) mass is 369 g/mol. The summed E-state index contributed by atoms with van der Waals surface area (Å²) < 4.78 is 5.40. The second-order valence-electron chi connectivity index (χ2n) is 6.02. The molecule has 1 fully saturated rings. The number of carbonyl (C=O) groups excluding carboxylic acids is 2. The molecule has 0 bridgehead atoms. The molecule has 5 atom stereocenters. The Kier molecular flexibility index (Phi) is 6.51. The first-order chi connectivity index (χ1) is 12.2. The lowest BCUT2D eigenvalue weighted by Gasteiger charge is -2.21. The molecule has 0 aromatic heterocycles. The Hall–Kier alpha value is -2.24. The van der Waals surface area contributed by atoms with E-state index in [0.29, 0.717) is 17.1 Å². The highest BCUT2D eigenvalue weighted by Gasteiger charge is 2.46. The fourth-order valence-corrected chi connectivity index (χ4v) is 2.64. The first-order valence-electron chi connectivity index (χ1n) is 7.99. The lowest BCUT2D eigenvalue weighted by molar-refractivity contribution is -0.115. The van der Waals surface area contributed by atoms with Gasteiger partial charge in [-0.2, -0.15) is 0 Å². The van der Waals surface area contributed by atoms with Crippen LogP contribution in [0.3, 0.4) is 0 Å². The highest BCUT2D eigenvalue weighted by molar-refractivity contribution is 5.95. The van der Waals surface area contributed by atoms with Gasteiger partial charge in [-0.25, -0.2) is 0 Å². The van der Waals surface area contributed by atoms with E-state index in [2.05, 4.69) is 16.0 Å². The Balaban J connectivity index is 2.25. The summed E-state index contributed by atoms with van der Waals surface area (Å²) in [5, 5.41) is 46.8. The van der Waals surface area contributed by atoms with Crippen LogP contribution >= 0.6 is 0 Å². The van der Waals surface area contributed by atoms with Crippen LogP contribution in [0.1, 0.15) is 13.8 Å². The second kappa shape index (κ2) is 8.43. The summed E-state index contributed by atoms with van der Waals surface area (Å²) in [5.74, 6) is -0.622. The van der Waals surface area contributed by atoms with Crippen molar-refractivity contribution in [2.24, 2.45) is 0 Å². The summed E-state index contributed by atoms with van der Waals surface area (Å²) in [6, 6.07) is 4.65. The van der Waals surface area contributed by atoms with Crippen LogP contribution < -0.4 is 16.0 Å². The second-order valence-corrected chi connectivity index (χ2v) is 6.02. The van der Waals surface area contributed by atoms with E-state index in [1.807, 2.05) is 0 Å². The molecule has 0 unspecified atom stereocenters. The number of nitrogens with one attached hydrogen (secondary N) is 3. The van der Waals surface area contributed by atoms with E-state index >= 15 is 0 Å². The van der Waals surface area contributed by atoms with Crippen LogP contribution in [0.25, 0.3) is 0 Å². The molecular formula is C16H23N3O7. The SMILES string of the molecule is CC(=O)Nc1ccc(NC(C)=O)c(N[C@H]2O[C@H]([C@@H](O)CO)[C@H](O)[C@H]2O)c1. The van der Waals surface area contributed by atoms with E-state index in [1.54, 1.807) is 12.1 Å². The van der Waals surface area contributed by atoms with Crippen LogP contribution in [0.2, 0.25) is 0 Å². The molecule has 0 spiro atoms. The van der Waals surface area contributed by atoms with E-state index in [-0.39, 0.29) is 11.8 Å². The predicted molar refractivity (Wildman–Crippen MR) is 92.4 cm³/mol. The summed E-state index contributed by atoms with van der Waals surface area (Å²) in [5.41, 5.74) is 1.12. The van der Waals surface area contributed by atoms with Crippen molar-refractivity contribution in [1.82, 2.24) is 0 Å². The number of hydrogen-bond acceptors (Lipinski definition) is 8. The molecule has 1 heterocycles. The van der Waals surface area contributed by atoms with Crippen molar-refractivity contribution in [3.8, 4) is 0 Å². The number of anilines is 3. The van der Waals surface area contributed by atoms with E-state index in [4.69, 9.17) is 9.84 Å². The normalized spacial score (nSPS) is 26.2. The average Bonchev–Trinajstić information content (AvgIpc) is 2.84. The van der Waals surface area contributed by atoms with Crippen LogP contribution in [0, 0.1) is 0 Å². The molecule has 2 amide bonds. The average molecular weight is 369 g/mol. The number of hydrogen-bond donors (Lipinski definition) is 7. The summed E-state index contributed by atoms with van der Waals surface area (Å²) in [6.07, 6.45) is -6.48. The van der Waals surface area contributed by atoms with Crippen molar-refractivity contribution in [1.29, 1.82) is 0 Å². The van der Waals surface area contributed by atoms with Gasteiger partial charge < -0.3 is 41.1 Å². The van der Waals surface area contributed by atoms with Crippen LogP contribution in [0.15, 0.2) is 18.2 Å². The van der Waals surface area contributed by atoms with Gasteiger partial charge in [-0.05, 0) is 18.2 Å². The van der Waals surface area contributed by atoms with Gasteiger partial charge >= 0.3 is 0 Å². The molecule has 1 aliphatic heterocycles. The molecule has 0 aliphatic carbocycles. The maximum Gasteiger partial charge on any atom is 0.221 e. The Morgan fingerprint density at radius 2 is 1.77 bits per heavy atom. The molecule has 144 valence electrons. The highest BCUT2D eigenvalue weighted by atomic mass is 16.6. The number of ether oxygens (including phenoxy) is 1. The van der Waals surface area contributed by atoms with Crippen molar-refractivity contribution in [3.05, 3.63) is 18.2 Å². The number of amides is 2. The summed E-state index contributed by atoms with van der Waals surface area (Å²) in [4.78, 5) is 22.6. The standard InChI is InChI=1S/C16H23N3O7/c1-7(21)17-9-3-4-10(18-8(2)22)11(5-9)19-16-14(25)13(24)15(26-16)12(23)6-20/h3-5,12-16,19-20,23-25H,6H2,1-2H3,(H,17,21)(H,18,22)/t12-,13+,14+,15+,16-/m0/s1. The molecule has 26 heavy (non-hydrogen) atoms. The van der Waals surface area contributed by atoms with Crippen molar-refractivity contribution >= 4 is 28.9 Å². The van der Waals surface area contributed by atoms with E-state index in [0.717, 1.165) is 0 Å². The molecule has 1 aliphatic rings. The molecule has 1 aromatic carbocycles. The third kappa shape index (κ3) is 4.68. The van der Waals surface area contributed by atoms with Crippen molar-refractivity contribution < 1.29 is 34.8 Å². The van der Waals surface area contributed by atoms with Gasteiger partial charge in [0, 0.05) is 19.5 Å². The third-order valence-corrected chi connectivity index (χ3v) is 3.82. The fourth-order valence-electron chi connectivity index (χ4n) is 2.64. The lowest BCUT2D eigenvalue weighted by atomic mass is 10.1. The van der Waals surface area contributed by atoms with Crippen LogP contribution in [0.5, 0.6) is 0 Å². The minimum absolute atomic E-state index is 0.290. The molecule has 2 rings (SSSR count). The Labute approximate surface area is 149 Å². The van der Waals surface area contributed by atoms with E-state index < -0.39 is 37.3 Å². The van der Waals surface area contributed by atoms with Crippen LogP contribution in [0.4, 0.5) is 17.1 Å². The minimum Gasteiger partial charge on any atom is -0.394 e. The molecule has 0 radical (unpaired) electrons. The fraction of sp³-hybridized carbons (Fsp3) is 0.500. The van der Waals surface area contributed by atoms with Crippen LogP contribution in [-0.4, -0.2) is 69.5 Å². The quantitative estimate of drug-likeness (QED) is 0.330. The smallest absolute Gasteiger partial charge is 0.221 e. The Morgan fingerprint density at radius 3 is 2.35 bits per heavy atom. The summed E-state index contributed by atoms with van der Waals surface area (Å²) in [6.45, 7) is 2.02. The summed E-state index contributed by atoms with van der Waals surface area (Å²) >= 11 is 0. The van der Waals surface area contributed by atoms with Gasteiger partial charge in [0.25, 0.3) is 0 Å². The zero-order valence-corrected chi connectivity index (χ0v) is 14.3. The summed E-state index contributed by atoms with van der Waals surface area (Å²) in [7, 11) is 0. The number of carbonyl (C=O) groups is 2.